The Morgan fingerprint density at radius 2 is 2.33 bits per heavy atom. The molecule has 0 aromatic carbocycles. The number of carbonyl (C=O) groups is 1. The van der Waals surface area contributed by atoms with E-state index in [1.807, 2.05) is 23.4 Å². The van der Waals surface area contributed by atoms with Crippen molar-refractivity contribution in [2.24, 2.45) is 0 Å². The Morgan fingerprint density at radius 1 is 1.48 bits per heavy atom. The summed E-state index contributed by atoms with van der Waals surface area (Å²) < 4.78 is 0. The number of nitrogens with zero attached hydrogens (tertiary/aromatic N) is 3. The largest absolute Gasteiger partial charge is 0.328 e. The number of hydrogen-bond donors (Lipinski definition) is 0. The van der Waals surface area contributed by atoms with Gasteiger partial charge in [0.15, 0.2) is 0 Å². The monoisotopic (exact) mass is 321 g/mol. The third-order valence-corrected chi connectivity index (χ3v) is 6.00. The standard InChI is InChI=1S/C15H19N3OS2/c1-3-12-17-10(2)13(21-12)15(19)18-8-5-4-6-11(18)14-16-7-9-20-14/h7,9,11H,3-6,8H2,1-2H3. The smallest absolute Gasteiger partial charge is 0.266 e. The number of carbonyl (C=O) groups excluding carboxylic acids is 1. The molecule has 3 rings (SSSR count). The minimum atomic E-state index is 0.129. The van der Waals surface area contributed by atoms with Gasteiger partial charge < -0.3 is 4.90 Å². The lowest BCUT2D eigenvalue weighted by molar-refractivity contribution is 0.0615. The lowest BCUT2D eigenvalue weighted by atomic mass is 10.0. The first-order valence-corrected chi connectivity index (χ1v) is 9.07. The molecule has 112 valence electrons. The van der Waals surface area contributed by atoms with Gasteiger partial charge in [-0.25, -0.2) is 9.97 Å². The zero-order valence-electron chi connectivity index (χ0n) is 12.3. The summed E-state index contributed by atoms with van der Waals surface area (Å²) in [6.07, 6.45) is 5.96. The van der Waals surface area contributed by atoms with Gasteiger partial charge >= 0.3 is 0 Å². The van der Waals surface area contributed by atoms with Crippen molar-refractivity contribution in [1.82, 2.24) is 14.9 Å². The summed E-state index contributed by atoms with van der Waals surface area (Å²) in [4.78, 5) is 24.6. The summed E-state index contributed by atoms with van der Waals surface area (Å²) in [6.45, 7) is 4.83. The maximum absolute atomic E-state index is 12.9. The maximum atomic E-state index is 12.9. The van der Waals surface area contributed by atoms with Gasteiger partial charge in [0.1, 0.15) is 9.88 Å². The topological polar surface area (TPSA) is 46.1 Å². The number of likely N-dealkylation sites (tertiary alicyclic amines) is 1. The van der Waals surface area contributed by atoms with Gasteiger partial charge in [-0.05, 0) is 32.6 Å². The van der Waals surface area contributed by atoms with Crippen molar-refractivity contribution in [3.63, 3.8) is 0 Å². The van der Waals surface area contributed by atoms with Crippen LogP contribution >= 0.6 is 22.7 Å². The fourth-order valence-electron chi connectivity index (χ4n) is 2.76. The van der Waals surface area contributed by atoms with Crippen LogP contribution in [0.3, 0.4) is 0 Å². The van der Waals surface area contributed by atoms with E-state index >= 15 is 0 Å². The van der Waals surface area contributed by atoms with E-state index < -0.39 is 0 Å². The first-order valence-electron chi connectivity index (χ1n) is 7.37. The van der Waals surface area contributed by atoms with Crippen molar-refractivity contribution in [1.29, 1.82) is 0 Å². The molecule has 1 aliphatic rings. The zero-order chi connectivity index (χ0) is 14.8. The SMILES string of the molecule is CCc1nc(C)c(C(=O)N2CCCCC2c2nccs2)s1. The lowest BCUT2D eigenvalue weighted by Crippen LogP contribution is -2.38. The molecule has 3 heterocycles. The van der Waals surface area contributed by atoms with Crippen LogP contribution in [0.25, 0.3) is 0 Å². The summed E-state index contributed by atoms with van der Waals surface area (Å²) in [5, 5.41) is 4.08. The highest BCUT2D eigenvalue weighted by Crippen LogP contribution is 2.34. The predicted molar refractivity (Wildman–Crippen MR) is 86.0 cm³/mol. The van der Waals surface area contributed by atoms with E-state index in [0.717, 1.165) is 52.8 Å². The van der Waals surface area contributed by atoms with E-state index in [0.29, 0.717) is 0 Å². The molecule has 1 saturated heterocycles. The normalized spacial score (nSPS) is 19.0. The van der Waals surface area contributed by atoms with Gasteiger partial charge in [-0.2, -0.15) is 0 Å². The lowest BCUT2D eigenvalue weighted by Gasteiger charge is -2.34. The fourth-order valence-corrected chi connectivity index (χ4v) is 4.51. The van der Waals surface area contributed by atoms with Crippen LogP contribution in [0.1, 0.15) is 57.6 Å². The Labute approximate surface area is 132 Å². The van der Waals surface area contributed by atoms with Gasteiger partial charge in [-0.15, -0.1) is 22.7 Å². The number of thiazole rings is 2. The molecule has 0 radical (unpaired) electrons. The first kappa shape index (κ1) is 14.7. The van der Waals surface area contributed by atoms with Crippen molar-refractivity contribution in [2.45, 2.75) is 45.6 Å². The quantitative estimate of drug-likeness (QED) is 0.863. The zero-order valence-corrected chi connectivity index (χ0v) is 14.0. The van der Waals surface area contributed by atoms with Gasteiger partial charge in [-0.3, -0.25) is 4.79 Å². The number of aryl methyl sites for hydroxylation is 2. The van der Waals surface area contributed by atoms with E-state index in [9.17, 15) is 4.79 Å². The summed E-state index contributed by atoms with van der Waals surface area (Å²) in [5.74, 6) is 0.129. The summed E-state index contributed by atoms with van der Waals surface area (Å²) >= 11 is 3.18. The molecular weight excluding hydrogens is 302 g/mol. The second-order valence-electron chi connectivity index (χ2n) is 5.26. The molecule has 0 saturated carbocycles. The van der Waals surface area contributed by atoms with Crippen molar-refractivity contribution in [3.05, 3.63) is 32.2 Å². The molecule has 4 nitrogen and oxygen atoms in total. The predicted octanol–water partition coefficient (Wildman–Crippen LogP) is 3.84. The van der Waals surface area contributed by atoms with E-state index in [1.165, 1.54) is 0 Å². The molecule has 2 aromatic heterocycles. The molecule has 1 fully saturated rings. The average Bonchev–Trinajstić information content (AvgIpc) is 3.16. The molecule has 21 heavy (non-hydrogen) atoms. The Balaban J connectivity index is 1.89. The van der Waals surface area contributed by atoms with Crippen molar-refractivity contribution in [2.75, 3.05) is 6.54 Å². The van der Waals surface area contributed by atoms with Crippen LogP contribution in [-0.4, -0.2) is 27.3 Å². The number of amides is 1. The second kappa shape index (κ2) is 6.23. The van der Waals surface area contributed by atoms with Gasteiger partial charge in [-0.1, -0.05) is 6.92 Å². The molecule has 0 aliphatic carbocycles. The molecule has 0 spiro atoms. The van der Waals surface area contributed by atoms with Crippen molar-refractivity contribution < 1.29 is 4.79 Å². The van der Waals surface area contributed by atoms with Crippen LogP contribution in [0.15, 0.2) is 11.6 Å². The first-order chi connectivity index (χ1) is 10.2. The Kier molecular flexibility index (Phi) is 4.35. The van der Waals surface area contributed by atoms with Gasteiger partial charge in [0.05, 0.1) is 16.7 Å². The highest BCUT2D eigenvalue weighted by atomic mass is 32.1. The molecular formula is C15H19N3OS2. The Bertz CT molecular complexity index is 621. The maximum Gasteiger partial charge on any atom is 0.266 e. The van der Waals surface area contributed by atoms with Crippen LogP contribution < -0.4 is 0 Å². The van der Waals surface area contributed by atoms with E-state index in [2.05, 4.69) is 16.9 Å². The number of aromatic nitrogens is 2. The third-order valence-electron chi connectivity index (χ3n) is 3.84. The van der Waals surface area contributed by atoms with Crippen LogP contribution in [0.2, 0.25) is 0 Å². The van der Waals surface area contributed by atoms with E-state index in [1.54, 1.807) is 22.7 Å². The number of rotatable bonds is 3. The molecule has 2 aromatic rings. The van der Waals surface area contributed by atoms with Crippen LogP contribution in [0, 0.1) is 6.92 Å². The second-order valence-corrected chi connectivity index (χ2v) is 7.27. The van der Waals surface area contributed by atoms with Gasteiger partial charge in [0.25, 0.3) is 5.91 Å². The highest BCUT2D eigenvalue weighted by Gasteiger charge is 2.32. The minimum Gasteiger partial charge on any atom is -0.328 e. The molecule has 6 heteroatoms. The van der Waals surface area contributed by atoms with E-state index in [-0.39, 0.29) is 11.9 Å². The van der Waals surface area contributed by atoms with Crippen LogP contribution in [-0.2, 0) is 6.42 Å². The highest BCUT2D eigenvalue weighted by molar-refractivity contribution is 7.13. The molecule has 0 N–H and O–H groups in total. The van der Waals surface area contributed by atoms with Gasteiger partial charge in [0, 0.05) is 18.1 Å². The minimum absolute atomic E-state index is 0.129. The third kappa shape index (κ3) is 2.87. The average molecular weight is 321 g/mol. The van der Waals surface area contributed by atoms with Crippen LogP contribution in [0.5, 0.6) is 0 Å². The van der Waals surface area contributed by atoms with Crippen LogP contribution in [0.4, 0.5) is 0 Å². The van der Waals surface area contributed by atoms with Crippen molar-refractivity contribution >= 4 is 28.6 Å². The number of hydrogen-bond acceptors (Lipinski definition) is 5. The summed E-state index contributed by atoms with van der Waals surface area (Å²) in [5.41, 5.74) is 0.866. The fraction of sp³-hybridized carbons (Fsp3) is 0.533. The molecule has 1 aliphatic heterocycles. The molecule has 1 amide bonds. The molecule has 1 unspecified atom stereocenters. The Hall–Kier alpha value is -1.27. The summed E-state index contributed by atoms with van der Waals surface area (Å²) in [7, 11) is 0. The van der Waals surface area contributed by atoms with E-state index in [4.69, 9.17) is 0 Å². The Morgan fingerprint density at radius 3 is 3.00 bits per heavy atom. The van der Waals surface area contributed by atoms with Gasteiger partial charge in [0.2, 0.25) is 0 Å². The number of piperidine rings is 1. The molecule has 1 atom stereocenters. The molecule has 0 bridgehead atoms. The summed E-state index contributed by atoms with van der Waals surface area (Å²) in [6, 6.07) is 0.137. The van der Waals surface area contributed by atoms with Crippen molar-refractivity contribution in [3.8, 4) is 0 Å².